The van der Waals surface area contributed by atoms with Crippen molar-refractivity contribution in [2.75, 3.05) is 0 Å². The van der Waals surface area contributed by atoms with Crippen LogP contribution < -0.4 is 26.7 Å². The fraction of sp³-hybridized carbons (Fsp3) is 0. The van der Waals surface area contributed by atoms with E-state index in [1.165, 1.54) is 26.7 Å². The summed E-state index contributed by atoms with van der Waals surface area (Å²) >= 11 is -1.98. The summed E-state index contributed by atoms with van der Waals surface area (Å²) in [6.07, 6.45) is 0. The van der Waals surface area contributed by atoms with E-state index in [0.717, 1.165) is 0 Å². The van der Waals surface area contributed by atoms with E-state index in [2.05, 4.69) is 215 Å². The molecule has 0 aliphatic rings. The average Bonchev–Trinajstić information content (AvgIpc) is 3.22. The normalized spacial score (nSPS) is 8.41. The fourth-order valence-corrected chi connectivity index (χ4v) is 14.2. The Morgan fingerprint density at radius 3 is 0.633 bits per heavy atom. The van der Waals surface area contributed by atoms with Crippen molar-refractivity contribution in [1.82, 2.24) is 0 Å². The van der Waals surface area contributed by atoms with Gasteiger partial charge in [-0.05, 0) is 23.8 Å². The second-order valence-electron chi connectivity index (χ2n) is 8.82. The smallest absolute Gasteiger partial charge is 0.0134 e. The maximum absolute atomic E-state index is 7.50. The molecule has 6 rings (SSSR count). The molecule has 0 bridgehead atoms. The van der Waals surface area contributed by atoms with Crippen LogP contribution >= 0.6 is 7.92 Å². The summed E-state index contributed by atoms with van der Waals surface area (Å²) in [6, 6.07) is 65.3. The molecule has 0 amide bonds. The summed E-state index contributed by atoms with van der Waals surface area (Å²) in [5.74, 6) is 0. The van der Waals surface area contributed by atoms with Crippen molar-refractivity contribution in [2.24, 2.45) is 0 Å². The third-order valence-electron chi connectivity index (χ3n) is 6.23. The molecular weight excluding hydrogens is 773 g/mol. The molecule has 0 spiro atoms. The maximum Gasteiger partial charge on any atom is -0.0134 e. The van der Waals surface area contributed by atoms with Crippen LogP contribution in [0.5, 0.6) is 0 Å². The van der Waals surface area contributed by atoms with Gasteiger partial charge in [0.2, 0.25) is 0 Å². The van der Waals surface area contributed by atoms with E-state index in [1.54, 1.807) is 0 Å². The number of rotatable bonds is 6. The van der Waals surface area contributed by atoms with Gasteiger partial charge in [0.05, 0.1) is 0 Å². The zero-order valence-corrected chi connectivity index (χ0v) is 31.4. The largest absolute Gasteiger partial charge is 0.0622 e. The minimum Gasteiger partial charge on any atom is -0.0622 e. The average molecular weight is 803 g/mol. The van der Waals surface area contributed by atoms with Crippen LogP contribution in [0.15, 0.2) is 182 Å². The molecule has 0 fully saturated rings. The Hall–Kier alpha value is -4.17. The summed E-state index contributed by atoms with van der Waals surface area (Å²) in [4.78, 5) is 0. The van der Waals surface area contributed by atoms with Gasteiger partial charge >= 0.3 is 178 Å². The Kier molecular flexibility index (Phi) is 31.0. The van der Waals surface area contributed by atoms with E-state index < -0.39 is 27.7 Å². The van der Waals surface area contributed by atoms with Gasteiger partial charge in [0.25, 0.3) is 0 Å². The van der Waals surface area contributed by atoms with E-state index in [1.807, 2.05) is 0 Å². The molecule has 6 aromatic carbocycles. The van der Waals surface area contributed by atoms with Crippen LogP contribution in [0.3, 0.4) is 0 Å². The van der Waals surface area contributed by atoms with Gasteiger partial charge in [-0.25, -0.2) is 0 Å². The van der Waals surface area contributed by atoms with E-state index in [-0.39, 0.29) is 18.6 Å². The maximum atomic E-state index is 7.50. The van der Waals surface area contributed by atoms with Crippen molar-refractivity contribution in [1.29, 1.82) is 0 Å². The second-order valence-corrected chi connectivity index (χ2v) is 18.1. The first-order valence-electron chi connectivity index (χ1n) is 13.9. The third kappa shape index (κ3) is 16.7. The van der Waals surface area contributed by atoms with Crippen molar-refractivity contribution < 1.29 is 41.8 Å². The van der Waals surface area contributed by atoms with Crippen molar-refractivity contribution in [3.8, 4) is 0 Å². The molecular formula is C41H30O5PSnV. The minimum absolute atomic E-state index is 0. The van der Waals surface area contributed by atoms with Crippen molar-refractivity contribution in [3.05, 3.63) is 215 Å². The van der Waals surface area contributed by atoms with Crippen LogP contribution in [0.4, 0.5) is 0 Å². The molecule has 0 aliphatic heterocycles. The second kappa shape index (κ2) is 32.4. The van der Waals surface area contributed by atoms with Gasteiger partial charge in [0.15, 0.2) is 0 Å². The van der Waals surface area contributed by atoms with Gasteiger partial charge in [0, 0.05) is 18.6 Å². The molecule has 0 aromatic heterocycles. The number of hydrogen-bond donors (Lipinski definition) is 0. The molecule has 0 N–H and O–H groups in total. The van der Waals surface area contributed by atoms with Crippen molar-refractivity contribution in [3.63, 3.8) is 0 Å². The SMILES string of the molecule is [C-]#[O+].[C-]#[O+].[C-]#[O+].[C-]#[O+].[C-]#[O+].[V].c1cc[c]([Sn]([c]2ccccc2)[c]2ccccc2)cc1.c1ccc(P(c2ccccc2)c2ccccc2)cc1. The van der Waals surface area contributed by atoms with Crippen molar-refractivity contribution >= 4 is 54.3 Å². The molecule has 8 heteroatoms. The molecule has 2 radical (unpaired) electrons. The predicted octanol–water partition coefficient (Wildman–Crippen LogP) is 5.46. The summed E-state index contributed by atoms with van der Waals surface area (Å²) < 4.78 is 42.1. The van der Waals surface area contributed by atoms with Gasteiger partial charge in [-0.2, -0.15) is 0 Å². The predicted molar refractivity (Wildman–Crippen MR) is 189 cm³/mol. The first-order chi connectivity index (χ1) is 23.9. The molecule has 0 saturated heterocycles. The summed E-state index contributed by atoms with van der Waals surface area (Å²) in [5, 5.41) is 4.19. The summed E-state index contributed by atoms with van der Waals surface area (Å²) in [7, 11) is -0.446. The Bertz CT molecular complexity index is 1390. The monoisotopic (exact) mass is 804 g/mol. The van der Waals surface area contributed by atoms with Gasteiger partial charge in [0.1, 0.15) is 0 Å². The van der Waals surface area contributed by atoms with Crippen LogP contribution in [-0.4, -0.2) is 19.8 Å². The number of hydrogen-bond acceptors (Lipinski definition) is 0. The molecule has 49 heavy (non-hydrogen) atoms. The molecule has 5 nitrogen and oxygen atoms in total. The van der Waals surface area contributed by atoms with Crippen LogP contribution in [0.2, 0.25) is 0 Å². The Morgan fingerprint density at radius 1 is 0.286 bits per heavy atom. The van der Waals surface area contributed by atoms with Gasteiger partial charge in [-0.1, -0.05) is 91.0 Å². The Balaban J connectivity index is 0. The molecule has 0 saturated carbocycles. The van der Waals surface area contributed by atoms with E-state index >= 15 is 0 Å². The third-order valence-corrected chi connectivity index (χ3v) is 16.5. The molecule has 0 unspecified atom stereocenters. The fourth-order valence-electron chi connectivity index (χ4n) is 4.49. The first-order valence-corrected chi connectivity index (χ1v) is 19.5. The van der Waals surface area contributed by atoms with Crippen LogP contribution in [-0.2, 0) is 41.8 Å². The van der Waals surface area contributed by atoms with E-state index in [9.17, 15) is 0 Å². The van der Waals surface area contributed by atoms with E-state index in [4.69, 9.17) is 23.3 Å². The van der Waals surface area contributed by atoms with Crippen LogP contribution in [0, 0.1) is 33.3 Å². The van der Waals surface area contributed by atoms with Crippen LogP contribution in [0.25, 0.3) is 0 Å². The standard InChI is InChI=1S/C18H15P.3C6H5.5CO.Sn.V/c1-4-10-16(11-5-1)19(17-12-6-2-7-13-17)18-14-8-3-9-15-18;3*1-2-4-6-5-3-1;5*1-2;;/h1-15H;3*1-5H;;;;;;;. The minimum atomic E-state index is -1.98. The first kappa shape index (κ1) is 47.0. The van der Waals surface area contributed by atoms with Gasteiger partial charge in [-0.3, -0.25) is 0 Å². The zero-order valence-electron chi connectivity index (χ0n) is 26.3. The van der Waals surface area contributed by atoms with Crippen molar-refractivity contribution in [2.45, 2.75) is 0 Å². The molecule has 0 aliphatic carbocycles. The Labute approximate surface area is 309 Å². The summed E-state index contributed by atoms with van der Waals surface area (Å²) in [5.41, 5.74) is 0. The van der Waals surface area contributed by atoms with Gasteiger partial charge < -0.3 is 0 Å². The zero-order chi connectivity index (χ0) is 35.8. The molecule has 238 valence electrons. The molecule has 0 heterocycles. The van der Waals surface area contributed by atoms with Gasteiger partial charge in [-0.15, -0.1) is 0 Å². The summed E-state index contributed by atoms with van der Waals surface area (Å²) in [6.45, 7) is 22.5. The number of benzene rings is 6. The topological polar surface area (TPSA) is 99.5 Å². The molecule has 6 aromatic rings. The van der Waals surface area contributed by atoms with E-state index in [0.29, 0.717) is 0 Å². The molecule has 0 atom stereocenters. The quantitative estimate of drug-likeness (QED) is 0.0927. The Morgan fingerprint density at radius 2 is 0.449 bits per heavy atom. The van der Waals surface area contributed by atoms with Crippen LogP contribution in [0.1, 0.15) is 0 Å².